The summed E-state index contributed by atoms with van der Waals surface area (Å²) in [6.07, 6.45) is -4.83. The molecule has 0 aliphatic heterocycles. The molecule has 128 valence electrons. The van der Waals surface area contributed by atoms with Gasteiger partial charge in [-0.2, -0.15) is 13.2 Å². The van der Waals surface area contributed by atoms with Crippen LogP contribution in [0.1, 0.15) is 24.1 Å². The molecular weight excluding hydrogens is 392 g/mol. The Balaban J connectivity index is 2.09. The number of rotatable bonds is 3. The van der Waals surface area contributed by atoms with Gasteiger partial charge >= 0.3 is 12.2 Å². The van der Waals surface area contributed by atoms with Crippen molar-refractivity contribution in [2.24, 2.45) is 0 Å². The summed E-state index contributed by atoms with van der Waals surface area (Å²) in [7, 11) is 0. The highest BCUT2D eigenvalue weighted by Gasteiger charge is 2.35. The number of carbonyl (C=O) groups is 1. The molecule has 3 nitrogen and oxygen atoms in total. The fraction of sp³-hybridized carbons (Fsp3) is 0.188. The third kappa shape index (κ3) is 4.47. The van der Waals surface area contributed by atoms with Crippen LogP contribution in [0, 0.1) is 5.82 Å². The maximum absolute atomic E-state index is 13.9. The van der Waals surface area contributed by atoms with E-state index in [1.165, 1.54) is 0 Å². The molecule has 0 bridgehead atoms. The van der Waals surface area contributed by atoms with E-state index in [1.54, 1.807) is 31.2 Å². The maximum Gasteiger partial charge on any atom is 0.419 e. The Bertz CT molecular complexity index is 732. The lowest BCUT2D eigenvalue weighted by molar-refractivity contribution is -0.139. The highest BCUT2D eigenvalue weighted by atomic mass is 79.9. The van der Waals surface area contributed by atoms with Crippen molar-refractivity contribution in [2.75, 3.05) is 5.32 Å². The van der Waals surface area contributed by atoms with Crippen LogP contribution in [0.4, 0.5) is 28.0 Å². The first-order chi connectivity index (χ1) is 11.2. The first-order valence-corrected chi connectivity index (χ1v) is 7.66. The summed E-state index contributed by atoms with van der Waals surface area (Å²) < 4.78 is 52.7. The van der Waals surface area contributed by atoms with Gasteiger partial charge in [-0.3, -0.25) is 0 Å². The molecule has 0 heterocycles. The summed E-state index contributed by atoms with van der Waals surface area (Å²) in [6, 6.07) is 8.63. The van der Waals surface area contributed by atoms with Crippen LogP contribution in [0.3, 0.4) is 0 Å². The quantitative estimate of drug-likeness (QED) is 0.652. The van der Waals surface area contributed by atoms with E-state index in [-0.39, 0.29) is 0 Å². The summed E-state index contributed by atoms with van der Waals surface area (Å²) in [6.45, 7) is 1.70. The minimum Gasteiger partial charge on any atom is -0.331 e. The fourth-order valence-corrected chi connectivity index (χ4v) is 2.30. The van der Waals surface area contributed by atoms with Gasteiger partial charge in [0, 0.05) is 4.47 Å². The van der Waals surface area contributed by atoms with E-state index in [0.717, 1.165) is 22.2 Å². The molecular formula is C16H13BrF4N2O. The number of nitrogens with one attached hydrogen (secondary N) is 2. The van der Waals surface area contributed by atoms with Crippen molar-refractivity contribution in [2.45, 2.75) is 19.1 Å². The molecule has 0 saturated heterocycles. The van der Waals surface area contributed by atoms with Gasteiger partial charge < -0.3 is 10.6 Å². The summed E-state index contributed by atoms with van der Waals surface area (Å²) in [5.74, 6) is -1.52. The monoisotopic (exact) mass is 404 g/mol. The van der Waals surface area contributed by atoms with Crippen molar-refractivity contribution in [3.8, 4) is 0 Å². The molecule has 2 aromatic carbocycles. The van der Waals surface area contributed by atoms with Crippen molar-refractivity contribution in [3.63, 3.8) is 0 Å². The van der Waals surface area contributed by atoms with Crippen molar-refractivity contribution in [3.05, 3.63) is 63.9 Å². The van der Waals surface area contributed by atoms with Crippen molar-refractivity contribution >= 4 is 27.6 Å². The van der Waals surface area contributed by atoms with Crippen LogP contribution >= 0.6 is 15.9 Å². The van der Waals surface area contributed by atoms with E-state index in [1.807, 2.05) is 0 Å². The Morgan fingerprint density at radius 3 is 2.33 bits per heavy atom. The van der Waals surface area contributed by atoms with Crippen LogP contribution in [0.25, 0.3) is 0 Å². The number of anilines is 1. The predicted octanol–water partition coefficient (Wildman–Crippen LogP) is 5.49. The fourth-order valence-electron chi connectivity index (χ4n) is 2.04. The molecule has 2 rings (SSSR count). The predicted molar refractivity (Wildman–Crippen MR) is 86.1 cm³/mol. The number of halogens is 5. The van der Waals surface area contributed by atoms with E-state index >= 15 is 0 Å². The molecule has 24 heavy (non-hydrogen) atoms. The van der Waals surface area contributed by atoms with Crippen LogP contribution in [-0.4, -0.2) is 6.03 Å². The summed E-state index contributed by atoms with van der Waals surface area (Å²) in [5, 5.41) is 4.64. The Hall–Kier alpha value is -2.09. The molecule has 0 aromatic heterocycles. The van der Waals surface area contributed by atoms with Gasteiger partial charge in [0.05, 0.1) is 17.3 Å². The molecule has 2 aromatic rings. The van der Waals surface area contributed by atoms with Crippen LogP contribution in [-0.2, 0) is 6.18 Å². The second-order valence-corrected chi connectivity index (χ2v) is 5.95. The van der Waals surface area contributed by atoms with Crippen LogP contribution in [0.2, 0.25) is 0 Å². The van der Waals surface area contributed by atoms with Gasteiger partial charge in [0.1, 0.15) is 0 Å². The van der Waals surface area contributed by atoms with E-state index < -0.39 is 35.3 Å². The average Bonchev–Trinajstić information content (AvgIpc) is 2.48. The molecule has 0 radical (unpaired) electrons. The van der Waals surface area contributed by atoms with Gasteiger partial charge in [-0.25, -0.2) is 9.18 Å². The van der Waals surface area contributed by atoms with E-state index in [9.17, 15) is 22.4 Å². The van der Waals surface area contributed by atoms with Gasteiger partial charge in [0.15, 0.2) is 5.82 Å². The summed E-state index contributed by atoms with van der Waals surface area (Å²) in [4.78, 5) is 11.9. The Morgan fingerprint density at radius 1 is 1.12 bits per heavy atom. The number of benzene rings is 2. The minimum absolute atomic E-state index is 0.410. The molecule has 0 aliphatic carbocycles. The first-order valence-electron chi connectivity index (χ1n) is 6.87. The average molecular weight is 405 g/mol. The third-order valence-electron chi connectivity index (χ3n) is 3.27. The minimum atomic E-state index is -4.83. The SMILES string of the molecule is CC(NC(=O)Nc1cccc(C(F)(F)F)c1F)c1ccc(Br)cc1. The second-order valence-electron chi connectivity index (χ2n) is 5.04. The van der Waals surface area contributed by atoms with Crippen LogP contribution in [0.15, 0.2) is 46.9 Å². The summed E-state index contributed by atoms with van der Waals surface area (Å²) >= 11 is 3.29. The zero-order valence-electron chi connectivity index (χ0n) is 12.4. The zero-order chi connectivity index (χ0) is 17.9. The van der Waals surface area contributed by atoms with Crippen molar-refractivity contribution in [1.29, 1.82) is 0 Å². The van der Waals surface area contributed by atoms with Crippen LogP contribution in [0.5, 0.6) is 0 Å². The molecule has 1 atom stereocenters. The van der Waals surface area contributed by atoms with Gasteiger partial charge in [0.2, 0.25) is 0 Å². The number of amides is 2. The van der Waals surface area contributed by atoms with E-state index in [4.69, 9.17) is 0 Å². The number of hydrogen-bond donors (Lipinski definition) is 2. The van der Waals surface area contributed by atoms with Crippen molar-refractivity contribution in [1.82, 2.24) is 5.32 Å². The smallest absolute Gasteiger partial charge is 0.331 e. The van der Waals surface area contributed by atoms with E-state index in [0.29, 0.717) is 6.07 Å². The Morgan fingerprint density at radius 2 is 1.75 bits per heavy atom. The largest absolute Gasteiger partial charge is 0.419 e. The van der Waals surface area contributed by atoms with E-state index in [2.05, 4.69) is 26.6 Å². The first kappa shape index (κ1) is 18.3. The molecule has 2 amide bonds. The van der Waals surface area contributed by atoms with Gasteiger partial charge in [-0.05, 0) is 36.8 Å². The van der Waals surface area contributed by atoms with Gasteiger partial charge in [-0.15, -0.1) is 0 Å². The lowest BCUT2D eigenvalue weighted by Crippen LogP contribution is -2.31. The molecule has 0 fully saturated rings. The standard InChI is InChI=1S/C16H13BrF4N2O/c1-9(10-5-7-11(17)8-6-10)22-15(24)23-13-4-2-3-12(14(13)18)16(19,20)21/h2-9H,1H3,(H2,22,23,24). The summed E-state index contributed by atoms with van der Waals surface area (Å²) in [5.41, 5.74) is -1.18. The molecule has 0 spiro atoms. The normalized spacial score (nSPS) is 12.6. The maximum atomic E-state index is 13.9. The number of carbonyl (C=O) groups excluding carboxylic acids is 1. The second kappa shape index (κ2) is 7.21. The van der Waals surface area contributed by atoms with Crippen LogP contribution < -0.4 is 10.6 Å². The molecule has 2 N–H and O–H groups in total. The molecule has 8 heteroatoms. The highest BCUT2D eigenvalue weighted by molar-refractivity contribution is 9.10. The highest BCUT2D eigenvalue weighted by Crippen LogP contribution is 2.33. The van der Waals surface area contributed by atoms with Crippen molar-refractivity contribution < 1.29 is 22.4 Å². The number of hydrogen-bond acceptors (Lipinski definition) is 1. The molecule has 0 aliphatic rings. The molecule has 0 saturated carbocycles. The lowest BCUT2D eigenvalue weighted by atomic mass is 10.1. The lowest BCUT2D eigenvalue weighted by Gasteiger charge is -2.16. The Kier molecular flexibility index (Phi) is 5.48. The molecule has 1 unspecified atom stereocenters. The zero-order valence-corrected chi connectivity index (χ0v) is 14.0. The van der Waals surface area contributed by atoms with Gasteiger partial charge in [0.25, 0.3) is 0 Å². The number of urea groups is 1. The number of alkyl halides is 3. The Labute approximate surface area is 144 Å². The topological polar surface area (TPSA) is 41.1 Å². The van der Waals surface area contributed by atoms with Gasteiger partial charge in [-0.1, -0.05) is 34.1 Å². The third-order valence-corrected chi connectivity index (χ3v) is 3.80.